The van der Waals surface area contributed by atoms with Gasteiger partial charge in [0.05, 0.1) is 4.90 Å². The van der Waals surface area contributed by atoms with Crippen LogP contribution in [0.4, 0.5) is 0 Å². The third-order valence-corrected chi connectivity index (χ3v) is 5.23. The van der Waals surface area contributed by atoms with Crippen LogP contribution in [0.5, 0.6) is 0 Å². The van der Waals surface area contributed by atoms with E-state index >= 15 is 0 Å². The molecule has 0 aliphatic rings. The summed E-state index contributed by atoms with van der Waals surface area (Å²) in [6, 6.07) is 4.85. The Labute approximate surface area is 130 Å². The van der Waals surface area contributed by atoms with E-state index in [4.69, 9.17) is 11.6 Å². The standard InChI is InChI=1S/C13H21ClN2O2S2/c1-3-15-10-11-5-6-12(9-13(11)14)20(17,18)16-7-4-8-19-2/h5-6,9,15-16H,3-4,7-8,10H2,1-2H3. The topological polar surface area (TPSA) is 58.2 Å². The minimum Gasteiger partial charge on any atom is -0.313 e. The van der Waals surface area contributed by atoms with Crippen LogP contribution in [-0.4, -0.2) is 33.5 Å². The highest BCUT2D eigenvalue weighted by molar-refractivity contribution is 7.98. The second-order valence-corrected chi connectivity index (χ2v) is 7.44. The molecule has 0 fully saturated rings. The van der Waals surface area contributed by atoms with Gasteiger partial charge in [0.25, 0.3) is 0 Å². The number of sulfonamides is 1. The molecule has 0 saturated heterocycles. The van der Waals surface area contributed by atoms with Gasteiger partial charge in [0, 0.05) is 18.1 Å². The van der Waals surface area contributed by atoms with Gasteiger partial charge in [-0.25, -0.2) is 13.1 Å². The van der Waals surface area contributed by atoms with Crippen molar-refractivity contribution in [3.8, 4) is 0 Å². The molecule has 0 spiro atoms. The van der Waals surface area contributed by atoms with Gasteiger partial charge in [-0.2, -0.15) is 11.8 Å². The fourth-order valence-electron chi connectivity index (χ4n) is 1.60. The van der Waals surface area contributed by atoms with E-state index in [2.05, 4.69) is 10.0 Å². The molecule has 1 aromatic rings. The van der Waals surface area contributed by atoms with Crippen molar-refractivity contribution in [2.45, 2.75) is 24.8 Å². The Balaban J connectivity index is 2.73. The summed E-state index contributed by atoms with van der Waals surface area (Å²) >= 11 is 7.82. The first-order chi connectivity index (χ1) is 9.51. The maximum absolute atomic E-state index is 12.1. The minimum atomic E-state index is -3.46. The van der Waals surface area contributed by atoms with Crippen LogP contribution in [-0.2, 0) is 16.6 Å². The molecule has 2 N–H and O–H groups in total. The summed E-state index contributed by atoms with van der Waals surface area (Å²) in [5, 5.41) is 3.63. The zero-order valence-corrected chi connectivity index (χ0v) is 14.2. The Morgan fingerprint density at radius 3 is 2.70 bits per heavy atom. The Morgan fingerprint density at radius 2 is 2.10 bits per heavy atom. The molecule has 4 nitrogen and oxygen atoms in total. The van der Waals surface area contributed by atoms with Gasteiger partial charge >= 0.3 is 0 Å². The van der Waals surface area contributed by atoms with Crippen LogP contribution in [0.2, 0.25) is 5.02 Å². The summed E-state index contributed by atoms with van der Waals surface area (Å²) in [6.45, 7) is 3.93. The van der Waals surface area contributed by atoms with Crippen LogP contribution < -0.4 is 10.0 Å². The first-order valence-corrected chi connectivity index (χ1v) is 9.74. The highest BCUT2D eigenvalue weighted by Gasteiger charge is 2.14. The molecule has 7 heteroatoms. The fraction of sp³-hybridized carbons (Fsp3) is 0.538. The van der Waals surface area contributed by atoms with Crippen molar-refractivity contribution in [1.29, 1.82) is 0 Å². The molecule has 0 aromatic heterocycles. The second-order valence-electron chi connectivity index (χ2n) is 4.28. The molecule has 0 bridgehead atoms. The average Bonchev–Trinajstić information content (AvgIpc) is 2.42. The van der Waals surface area contributed by atoms with Crippen LogP contribution in [0.25, 0.3) is 0 Å². The summed E-state index contributed by atoms with van der Waals surface area (Å²) in [4.78, 5) is 0.215. The molecule has 0 amide bonds. The van der Waals surface area contributed by atoms with E-state index in [-0.39, 0.29) is 4.90 Å². The van der Waals surface area contributed by atoms with E-state index in [9.17, 15) is 8.42 Å². The van der Waals surface area contributed by atoms with Crippen molar-refractivity contribution >= 4 is 33.4 Å². The van der Waals surface area contributed by atoms with Gasteiger partial charge < -0.3 is 5.32 Å². The van der Waals surface area contributed by atoms with Crippen molar-refractivity contribution in [3.05, 3.63) is 28.8 Å². The molecule has 0 radical (unpaired) electrons. The van der Waals surface area contributed by atoms with Crippen molar-refractivity contribution in [1.82, 2.24) is 10.0 Å². The lowest BCUT2D eigenvalue weighted by molar-refractivity contribution is 0.581. The van der Waals surface area contributed by atoms with Gasteiger partial charge in [0.15, 0.2) is 0 Å². The number of halogens is 1. The molecular formula is C13H21ClN2O2S2. The Kier molecular flexibility index (Phi) is 7.91. The van der Waals surface area contributed by atoms with Gasteiger partial charge in [0.2, 0.25) is 10.0 Å². The van der Waals surface area contributed by atoms with Crippen LogP contribution in [0.15, 0.2) is 23.1 Å². The molecule has 0 atom stereocenters. The minimum absolute atomic E-state index is 0.215. The van der Waals surface area contributed by atoms with Crippen molar-refractivity contribution in [3.63, 3.8) is 0 Å². The molecule has 0 saturated carbocycles. The smallest absolute Gasteiger partial charge is 0.240 e. The first-order valence-electron chi connectivity index (χ1n) is 6.49. The summed E-state index contributed by atoms with van der Waals surface area (Å²) in [7, 11) is -3.46. The number of rotatable bonds is 9. The quantitative estimate of drug-likeness (QED) is 0.680. The fourth-order valence-corrected chi connectivity index (χ4v) is 3.45. The van der Waals surface area contributed by atoms with E-state index < -0.39 is 10.0 Å². The van der Waals surface area contributed by atoms with E-state index in [0.29, 0.717) is 18.1 Å². The molecule has 1 rings (SSSR count). The van der Waals surface area contributed by atoms with Crippen molar-refractivity contribution < 1.29 is 8.42 Å². The zero-order chi connectivity index (χ0) is 15.0. The lowest BCUT2D eigenvalue weighted by Gasteiger charge is -2.09. The molecular weight excluding hydrogens is 316 g/mol. The summed E-state index contributed by atoms with van der Waals surface area (Å²) in [6.07, 6.45) is 2.81. The Bertz CT molecular complexity index is 521. The molecule has 114 valence electrons. The Hall–Kier alpha value is -0.270. The largest absolute Gasteiger partial charge is 0.313 e. The molecule has 0 aliphatic heterocycles. The average molecular weight is 337 g/mol. The zero-order valence-electron chi connectivity index (χ0n) is 11.8. The predicted molar refractivity (Wildman–Crippen MR) is 87.0 cm³/mol. The van der Waals surface area contributed by atoms with Crippen molar-refractivity contribution in [2.24, 2.45) is 0 Å². The molecule has 0 aliphatic carbocycles. The third-order valence-electron chi connectivity index (χ3n) is 2.72. The van der Waals surface area contributed by atoms with Crippen LogP contribution in [0, 0.1) is 0 Å². The highest BCUT2D eigenvalue weighted by Crippen LogP contribution is 2.20. The van der Waals surface area contributed by atoms with Gasteiger partial charge in [0.1, 0.15) is 0 Å². The number of hydrogen-bond donors (Lipinski definition) is 2. The van der Waals surface area contributed by atoms with Gasteiger partial charge in [-0.05, 0) is 42.7 Å². The lowest BCUT2D eigenvalue weighted by atomic mass is 10.2. The SMILES string of the molecule is CCNCc1ccc(S(=O)(=O)NCCCSC)cc1Cl. The first kappa shape index (κ1) is 17.8. The monoisotopic (exact) mass is 336 g/mol. The Morgan fingerprint density at radius 1 is 1.35 bits per heavy atom. The molecule has 0 unspecified atom stereocenters. The number of thioether (sulfide) groups is 1. The van der Waals surface area contributed by atoms with Crippen LogP contribution in [0.1, 0.15) is 18.9 Å². The summed E-state index contributed by atoms with van der Waals surface area (Å²) in [5.74, 6) is 0.935. The van der Waals surface area contributed by atoms with E-state index in [1.807, 2.05) is 13.2 Å². The number of benzene rings is 1. The van der Waals surface area contributed by atoms with Gasteiger partial charge in [-0.3, -0.25) is 0 Å². The maximum Gasteiger partial charge on any atom is 0.240 e. The van der Waals surface area contributed by atoms with Gasteiger partial charge in [-0.15, -0.1) is 0 Å². The van der Waals surface area contributed by atoms with E-state index in [1.165, 1.54) is 6.07 Å². The predicted octanol–water partition coefficient (Wildman–Crippen LogP) is 2.48. The third kappa shape index (κ3) is 5.61. The van der Waals surface area contributed by atoms with Crippen LogP contribution in [0.3, 0.4) is 0 Å². The van der Waals surface area contributed by atoms with Crippen LogP contribution >= 0.6 is 23.4 Å². The number of nitrogens with one attached hydrogen (secondary N) is 2. The summed E-state index contributed by atoms with van der Waals surface area (Å²) in [5.41, 5.74) is 0.898. The normalized spacial score (nSPS) is 11.8. The van der Waals surface area contributed by atoms with E-state index in [0.717, 1.165) is 24.3 Å². The van der Waals surface area contributed by atoms with Gasteiger partial charge in [-0.1, -0.05) is 24.6 Å². The second kappa shape index (κ2) is 8.89. The summed E-state index contributed by atoms with van der Waals surface area (Å²) < 4.78 is 26.7. The molecule has 20 heavy (non-hydrogen) atoms. The lowest BCUT2D eigenvalue weighted by Crippen LogP contribution is -2.25. The van der Waals surface area contributed by atoms with Crippen molar-refractivity contribution in [2.75, 3.05) is 25.1 Å². The maximum atomic E-state index is 12.1. The van der Waals surface area contributed by atoms with E-state index in [1.54, 1.807) is 23.9 Å². The highest BCUT2D eigenvalue weighted by atomic mass is 35.5. The number of hydrogen-bond acceptors (Lipinski definition) is 4. The molecule has 1 aromatic carbocycles. The molecule has 0 heterocycles.